The van der Waals surface area contributed by atoms with E-state index in [4.69, 9.17) is 0 Å². The summed E-state index contributed by atoms with van der Waals surface area (Å²) in [6, 6.07) is 14.0. The summed E-state index contributed by atoms with van der Waals surface area (Å²) in [7, 11) is 0. The van der Waals surface area contributed by atoms with Gasteiger partial charge in [0.25, 0.3) is 5.91 Å². The fraction of sp³-hybridized carbons (Fsp3) is 0.261. The topological polar surface area (TPSA) is 109 Å². The quantitative estimate of drug-likeness (QED) is 0.581. The zero-order valence-corrected chi connectivity index (χ0v) is 18.1. The van der Waals surface area contributed by atoms with Crippen molar-refractivity contribution < 1.29 is 14.4 Å². The molecule has 1 saturated heterocycles. The van der Waals surface area contributed by atoms with E-state index in [1.54, 1.807) is 17.9 Å². The molecule has 1 aliphatic rings. The number of aromatic nitrogens is 3. The van der Waals surface area contributed by atoms with Crippen LogP contribution in [0.25, 0.3) is 5.69 Å². The maximum Gasteiger partial charge on any atom is 0.325 e. The van der Waals surface area contributed by atoms with E-state index in [1.807, 2.05) is 62.4 Å². The Kier molecular flexibility index (Phi) is 5.48. The number of carbonyl (C=O) groups excluding carboxylic acids is 3. The molecule has 0 radical (unpaired) electrons. The van der Waals surface area contributed by atoms with Crippen LogP contribution < -0.4 is 10.6 Å². The molecule has 2 N–H and O–H groups in total. The third-order valence-electron chi connectivity index (χ3n) is 5.66. The van der Waals surface area contributed by atoms with Crippen molar-refractivity contribution in [2.75, 3.05) is 6.54 Å². The van der Waals surface area contributed by atoms with E-state index in [0.717, 1.165) is 21.7 Å². The highest BCUT2D eigenvalue weighted by atomic mass is 16.2. The molecule has 1 aromatic heterocycles. The van der Waals surface area contributed by atoms with Crippen LogP contribution in [0.4, 0.5) is 4.79 Å². The SMILES string of the molecule is Cc1ccc([C@]2(C)NC(=O)N(CC(=O)N[C@H](C)c3ccc(-n4cncn4)cc3)C2=O)cc1. The number of carbonyl (C=O) groups is 3. The molecule has 4 rings (SSSR count). The first-order valence-corrected chi connectivity index (χ1v) is 10.2. The van der Waals surface area contributed by atoms with Gasteiger partial charge in [0, 0.05) is 0 Å². The first kappa shape index (κ1) is 21.2. The van der Waals surface area contributed by atoms with Gasteiger partial charge in [-0.2, -0.15) is 5.10 Å². The number of imide groups is 1. The van der Waals surface area contributed by atoms with Crippen molar-refractivity contribution in [1.29, 1.82) is 0 Å². The lowest BCUT2D eigenvalue weighted by Gasteiger charge is -2.22. The summed E-state index contributed by atoms with van der Waals surface area (Å²) in [5, 5.41) is 9.64. The van der Waals surface area contributed by atoms with Gasteiger partial charge in [-0.25, -0.2) is 14.5 Å². The molecule has 9 nitrogen and oxygen atoms in total. The molecule has 0 saturated carbocycles. The minimum absolute atomic E-state index is 0.309. The van der Waals surface area contributed by atoms with Crippen molar-refractivity contribution in [3.63, 3.8) is 0 Å². The second-order valence-corrected chi connectivity index (χ2v) is 8.03. The Morgan fingerprint density at radius 3 is 2.44 bits per heavy atom. The normalized spacial score (nSPS) is 19.0. The Bertz CT molecular complexity index is 1140. The average molecular weight is 432 g/mol. The van der Waals surface area contributed by atoms with Crippen LogP contribution in [0.1, 0.15) is 36.6 Å². The lowest BCUT2D eigenvalue weighted by atomic mass is 9.91. The Labute approximate surface area is 185 Å². The van der Waals surface area contributed by atoms with E-state index in [0.29, 0.717) is 5.56 Å². The number of hydrogen-bond donors (Lipinski definition) is 2. The molecule has 3 aromatic rings. The predicted octanol–water partition coefficient (Wildman–Crippen LogP) is 2.22. The number of urea groups is 1. The molecule has 164 valence electrons. The number of rotatable bonds is 6. The van der Waals surface area contributed by atoms with Gasteiger partial charge in [-0.15, -0.1) is 0 Å². The number of benzene rings is 2. The zero-order chi connectivity index (χ0) is 22.9. The van der Waals surface area contributed by atoms with E-state index in [2.05, 4.69) is 20.7 Å². The van der Waals surface area contributed by atoms with E-state index in [-0.39, 0.29) is 12.6 Å². The monoisotopic (exact) mass is 432 g/mol. The third-order valence-corrected chi connectivity index (χ3v) is 5.66. The van der Waals surface area contributed by atoms with E-state index >= 15 is 0 Å². The van der Waals surface area contributed by atoms with Crippen molar-refractivity contribution >= 4 is 17.8 Å². The fourth-order valence-electron chi connectivity index (χ4n) is 3.69. The number of nitrogens with one attached hydrogen (secondary N) is 2. The van der Waals surface area contributed by atoms with Gasteiger partial charge in [-0.3, -0.25) is 14.5 Å². The van der Waals surface area contributed by atoms with Crippen LogP contribution in [0, 0.1) is 6.92 Å². The molecule has 9 heteroatoms. The van der Waals surface area contributed by atoms with Crippen molar-refractivity contribution in [1.82, 2.24) is 30.3 Å². The number of amides is 4. The van der Waals surface area contributed by atoms with E-state index in [9.17, 15) is 14.4 Å². The molecule has 2 atom stereocenters. The lowest BCUT2D eigenvalue weighted by molar-refractivity contribution is -0.135. The van der Waals surface area contributed by atoms with Crippen LogP contribution in [-0.4, -0.2) is 44.1 Å². The average Bonchev–Trinajstić information content (AvgIpc) is 3.38. The number of hydrogen-bond acceptors (Lipinski definition) is 5. The minimum Gasteiger partial charge on any atom is -0.348 e. The van der Waals surface area contributed by atoms with Gasteiger partial charge in [0.2, 0.25) is 5.91 Å². The molecule has 2 aromatic carbocycles. The Morgan fingerprint density at radius 1 is 1.12 bits per heavy atom. The molecule has 2 heterocycles. The summed E-state index contributed by atoms with van der Waals surface area (Å²) in [4.78, 5) is 43.0. The number of nitrogens with zero attached hydrogens (tertiary/aromatic N) is 4. The van der Waals surface area contributed by atoms with Gasteiger partial charge in [0.1, 0.15) is 24.7 Å². The maximum atomic E-state index is 13.0. The van der Waals surface area contributed by atoms with Gasteiger partial charge >= 0.3 is 6.03 Å². The van der Waals surface area contributed by atoms with E-state index < -0.39 is 23.4 Å². The Balaban J connectivity index is 1.40. The minimum atomic E-state index is -1.20. The maximum absolute atomic E-state index is 13.0. The smallest absolute Gasteiger partial charge is 0.325 e. The fourth-order valence-corrected chi connectivity index (χ4v) is 3.69. The van der Waals surface area contributed by atoms with Crippen LogP contribution in [-0.2, 0) is 15.1 Å². The second kappa shape index (κ2) is 8.26. The van der Waals surface area contributed by atoms with Crippen molar-refractivity contribution in [2.24, 2.45) is 0 Å². The van der Waals surface area contributed by atoms with Crippen molar-refractivity contribution in [2.45, 2.75) is 32.4 Å². The second-order valence-electron chi connectivity index (χ2n) is 8.03. The first-order chi connectivity index (χ1) is 15.3. The molecule has 32 heavy (non-hydrogen) atoms. The Hall–Kier alpha value is -4.01. The highest BCUT2D eigenvalue weighted by molar-refractivity contribution is 6.09. The standard InChI is InChI=1S/C23H24N6O3/c1-15-4-8-18(9-5-15)23(3)21(31)28(22(32)27-23)12-20(30)26-16(2)17-6-10-19(11-7-17)29-14-24-13-25-29/h4-11,13-14,16H,12H2,1-3H3,(H,26,30)(H,27,32)/t16-,23+/m1/s1. The van der Waals surface area contributed by atoms with Crippen molar-refractivity contribution in [3.05, 3.63) is 77.9 Å². The molecular weight excluding hydrogens is 408 g/mol. The summed E-state index contributed by atoms with van der Waals surface area (Å²) in [5.74, 6) is -0.874. The highest BCUT2D eigenvalue weighted by Gasteiger charge is 2.49. The summed E-state index contributed by atoms with van der Waals surface area (Å²) in [6.07, 6.45) is 3.05. The molecule has 0 spiro atoms. The zero-order valence-electron chi connectivity index (χ0n) is 18.1. The van der Waals surface area contributed by atoms with E-state index in [1.165, 1.54) is 6.33 Å². The van der Waals surface area contributed by atoms with Crippen LogP contribution in [0.3, 0.4) is 0 Å². The molecule has 1 fully saturated rings. The van der Waals surface area contributed by atoms with Crippen LogP contribution >= 0.6 is 0 Å². The van der Waals surface area contributed by atoms with Gasteiger partial charge in [0.05, 0.1) is 11.7 Å². The Morgan fingerprint density at radius 2 is 1.81 bits per heavy atom. The third kappa shape index (κ3) is 3.96. The van der Waals surface area contributed by atoms with Crippen LogP contribution in [0.5, 0.6) is 0 Å². The summed E-state index contributed by atoms with van der Waals surface area (Å²) in [5.41, 5.74) is 2.25. The van der Waals surface area contributed by atoms with Gasteiger partial charge in [-0.1, -0.05) is 42.0 Å². The van der Waals surface area contributed by atoms with Gasteiger partial charge < -0.3 is 10.6 Å². The summed E-state index contributed by atoms with van der Waals surface area (Å²) >= 11 is 0. The largest absolute Gasteiger partial charge is 0.348 e. The highest BCUT2D eigenvalue weighted by Crippen LogP contribution is 2.29. The van der Waals surface area contributed by atoms with Crippen LogP contribution in [0.15, 0.2) is 61.2 Å². The molecule has 0 bridgehead atoms. The van der Waals surface area contributed by atoms with Gasteiger partial charge in [-0.05, 0) is 44.0 Å². The molecule has 0 aliphatic carbocycles. The lowest BCUT2D eigenvalue weighted by Crippen LogP contribution is -2.43. The molecule has 0 unspecified atom stereocenters. The first-order valence-electron chi connectivity index (χ1n) is 10.2. The molecule has 4 amide bonds. The van der Waals surface area contributed by atoms with Gasteiger partial charge in [0.15, 0.2) is 0 Å². The van der Waals surface area contributed by atoms with Crippen molar-refractivity contribution in [3.8, 4) is 5.69 Å². The summed E-state index contributed by atoms with van der Waals surface area (Å²) < 4.78 is 1.63. The van der Waals surface area contributed by atoms with Crippen LogP contribution in [0.2, 0.25) is 0 Å². The number of aryl methyl sites for hydroxylation is 1. The predicted molar refractivity (Wildman–Crippen MR) is 117 cm³/mol. The molecule has 1 aliphatic heterocycles. The molecular formula is C23H24N6O3. The summed E-state index contributed by atoms with van der Waals surface area (Å²) in [6.45, 7) is 5.08.